The van der Waals surface area contributed by atoms with Gasteiger partial charge in [-0.25, -0.2) is 8.42 Å². The highest BCUT2D eigenvalue weighted by molar-refractivity contribution is 7.93. The molecule has 0 unspecified atom stereocenters. The van der Waals surface area contributed by atoms with E-state index in [-0.39, 0.29) is 34.3 Å². The zero-order chi connectivity index (χ0) is 25.7. The Bertz CT molecular complexity index is 1540. The van der Waals surface area contributed by atoms with E-state index in [0.29, 0.717) is 35.3 Å². The molecule has 1 N–H and O–H groups in total. The molecule has 2 aromatic carbocycles. The SMILES string of the molecule is COc1cccc(OC)c1S(=O)(=O)Nc1noc2cc(Cn3cc(C(F)(F)F)cn3)c3c(c12)OCC3. The standard InChI is InChI=1S/C22H19F3N4O6S/c1-32-15-4-3-5-16(33-2)20(15)36(30,31)28-21-18-17(35-27-21)8-12(14-6-7-34-19(14)18)10-29-11-13(9-26-29)22(23,24)25/h3-5,8-9,11H,6-7,10H2,1-2H3,(H,27,28). The number of nitrogens with zero attached hydrogens (tertiary/aromatic N) is 3. The van der Waals surface area contributed by atoms with Gasteiger partial charge in [-0.2, -0.15) is 18.3 Å². The van der Waals surface area contributed by atoms with Crippen LogP contribution in [0.5, 0.6) is 17.2 Å². The van der Waals surface area contributed by atoms with Gasteiger partial charge >= 0.3 is 6.18 Å². The number of alkyl halides is 3. The van der Waals surface area contributed by atoms with Crippen molar-refractivity contribution in [2.75, 3.05) is 25.5 Å². The van der Waals surface area contributed by atoms with Crippen LogP contribution in [0.4, 0.5) is 19.0 Å². The van der Waals surface area contributed by atoms with E-state index in [1.54, 1.807) is 12.1 Å². The van der Waals surface area contributed by atoms with E-state index < -0.39 is 21.8 Å². The van der Waals surface area contributed by atoms with Gasteiger partial charge in [-0.1, -0.05) is 11.2 Å². The molecule has 5 rings (SSSR count). The van der Waals surface area contributed by atoms with Crippen molar-refractivity contribution in [2.24, 2.45) is 0 Å². The number of methoxy groups -OCH3 is 2. The largest absolute Gasteiger partial charge is 0.495 e. The number of anilines is 1. The average molecular weight is 524 g/mol. The molecule has 2 aromatic heterocycles. The quantitative estimate of drug-likeness (QED) is 0.388. The summed E-state index contributed by atoms with van der Waals surface area (Å²) in [5, 5.41) is 7.97. The minimum absolute atomic E-state index is 0.0257. The van der Waals surface area contributed by atoms with Crippen molar-refractivity contribution in [2.45, 2.75) is 24.0 Å². The summed E-state index contributed by atoms with van der Waals surface area (Å²) in [5.74, 6) is 0.365. The number of hydrogen-bond donors (Lipinski definition) is 1. The zero-order valence-corrected chi connectivity index (χ0v) is 19.7. The number of ether oxygens (including phenoxy) is 3. The predicted octanol–water partition coefficient (Wildman–Crippen LogP) is 3.84. The van der Waals surface area contributed by atoms with Crippen LogP contribution in [0, 0.1) is 0 Å². The van der Waals surface area contributed by atoms with E-state index in [0.717, 1.165) is 17.1 Å². The summed E-state index contributed by atoms with van der Waals surface area (Å²) in [6.45, 7) is 0.323. The van der Waals surface area contributed by atoms with Crippen LogP contribution in [0.25, 0.3) is 11.0 Å². The number of nitrogens with one attached hydrogen (secondary N) is 1. The number of benzene rings is 2. The highest BCUT2D eigenvalue weighted by atomic mass is 32.2. The van der Waals surface area contributed by atoms with Crippen LogP contribution < -0.4 is 18.9 Å². The predicted molar refractivity (Wildman–Crippen MR) is 120 cm³/mol. The summed E-state index contributed by atoms with van der Waals surface area (Å²) in [4.78, 5) is -0.223. The molecule has 0 saturated heterocycles. The van der Waals surface area contributed by atoms with E-state index in [1.165, 1.54) is 26.4 Å². The average Bonchev–Trinajstić information content (AvgIpc) is 3.58. The highest BCUT2D eigenvalue weighted by Gasteiger charge is 2.33. The molecule has 0 amide bonds. The molecule has 0 atom stereocenters. The summed E-state index contributed by atoms with van der Waals surface area (Å²) >= 11 is 0. The molecular formula is C22H19F3N4O6S. The van der Waals surface area contributed by atoms with Crippen LogP contribution in [-0.2, 0) is 29.2 Å². The number of hydrogen-bond acceptors (Lipinski definition) is 8. The molecule has 0 fully saturated rings. The van der Waals surface area contributed by atoms with Gasteiger partial charge in [0, 0.05) is 18.2 Å². The first-order valence-electron chi connectivity index (χ1n) is 10.5. The van der Waals surface area contributed by atoms with Crippen LogP contribution in [0.2, 0.25) is 0 Å². The number of rotatable bonds is 7. The molecule has 14 heteroatoms. The van der Waals surface area contributed by atoms with Gasteiger partial charge < -0.3 is 18.7 Å². The van der Waals surface area contributed by atoms with Crippen LogP contribution >= 0.6 is 0 Å². The second-order valence-electron chi connectivity index (χ2n) is 7.87. The van der Waals surface area contributed by atoms with Gasteiger partial charge in [0.2, 0.25) is 0 Å². The molecule has 36 heavy (non-hydrogen) atoms. The van der Waals surface area contributed by atoms with Gasteiger partial charge in [0.15, 0.2) is 16.3 Å². The second-order valence-corrected chi connectivity index (χ2v) is 9.49. The third-order valence-corrected chi connectivity index (χ3v) is 7.09. The molecule has 0 bridgehead atoms. The van der Waals surface area contributed by atoms with Gasteiger partial charge in [-0.05, 0) is 23.8 Å². The van der Waals surface area contributed by atoms with Crippen LogP contribution in [0.3, 0.4) is 0 Å². The minimum Gasteiger partial charge on any atom is -0.495 e. The molecule has 0 spiro atoms. The van der Waals surface area contributed by atoms with E-state index >= 15 is 0 Å². The summed E-state index contributed by atoms with van der Waals surface area (Å²) in [6.07, 6.45) is -2.38. The maximum absolute atomic E-state index is 13.3. The number of aromatic nitrogens is 3. The number of halogens is 3. The molecule has 3 heterocycles. The third kappa shape index (κ3) is 4.06. The maximum Gasteiger partial charge on any atom is 0.419 e. The van der Waals surface area contributed by atoms with Crippen LogP contribution in [0.15, 0.2) is 46.1 Å². The van der Waals surface area contributed by atoms with E-state index in [9.17, 15) is 21.6 Å². The van der Waals surface area contributed by atoms with Crippen molar-refractivity contribution in [1.82, 2.24) is 14.9 Å². The van der Waals surface area contributed by atoms with Crippen LogP contribution in [-0.4, -0.2) is 44.2 Å². The lowest BCUT2D eigenvalue weighted by Gasteiger charge is -2.14. The van der Waals surface area contributed by atoms with E-state index in [4.69, 9.17) is 18.7 Å². The second kappa shape index (κ2) is 8.62. The third-order valence-electron chi connectivity index (χ3n) is 5.69. The van der Waals surface area contributed by atoms with Crippen molar-refractivity contribution in [3.8, 4) is 17.2 Å². The maximum atomic E-state index is 13.3. The molecule has 1 aliphatic heterocycles. The Hall–Kier alpha value is -3.94. The van der Waals surface area contributed by atoms with Crippen LogP contribution in [0.1, 0.15) is 16.7 Å². The summed E-state index contributed by atoms with van der Waals surface area (Å²) in [7, 11) is -1.58. The Labute approximate surface area is 202 Å². The molecule has 0 aliphatic carbocycles. The lowest BCUT2D eigenvalue weighted by molar-refractivity contribution is -0.137. The summed E-state index contributed by atoms with van der Waals surface area (Å²) in [6, 6.07) is 6.13. The molecular weight excluding hydrogens is 505 g/mol. The molecule has 0 radical (unpaired) electrons. The topological polar surface area (TPSA) is 118 Å². The first kappa shape index (κ1) is 23.8. The highest BCUT2D eigenvalue weighted by Crippen LogP contribution is 2.42. The lowest BCUT2D eigenvalue weighted by atomic mass is 10.0. The van der Waals surface area contributed by atoms with Gasteiger partial charge in [0.05, 0.1) is 39.1 Å². The fourth-order valence-electron chi connectivity index (χ4n) is 4.09. The molecule has 1 aliphatic rings. The molecule has 10 nitrogen and oxygen atoms in total. The van der Waals surface area contributed by atoms with Crippen molar-refractivity contribution in [1.29, 1.82) is 0 Å². The Kier molecular flexibility index (Phi) is 5.70. The Morgan fingerprint density at radius 2 is 1.92 bits per heavy atom. The molecule has 4 aromatic rings. The van der Waals surface area contributed by atoms with Gasteiger partial charge in [-0.15, -0.1) is 0 Å². The smallest absolute Gasteiger partial charge is 0.419 e. The first-order valence-corrected chi connectivity index (χ1v) is 12.0. The summed E-state index contributed by atoms with van der Waals surface area (Å²) < 4.78 is 90.6. The lowest BCUT2D eigenvalue weighted by Crippen LogP contribution is -2.15. The van der Waals surface area contributed by atoms with Gasteiger partial charge in [0.1, 0.15) is 22.6 Å². The molecule has 190 valence electrons. The minimum atomic E-state index is -4.51. The summed E-state index contributed by atoms with van der Waals surface area (Å²) in [5.41, 5.74) is 0.645. The fraction of sp³-hybridized carbons (Fsp3) is 0.273. The fourth-order valence-corrected chi connectivity index (χ4v) is 5.42. The Morgan fingerprint density at radius 1 is 1.19 bits per heavy atom. The van der Waals surface area contributed by atoms with E-state index in [1.807, 2.05) is 0 Å². The Morgan fingerprint density at radius 3 is 2.56 bits per heavy atom. The van der Waals surface area contributed by atoms with Gasteiger partial charge in [-0.3, -0.25) is 9.40 Å². The van der Waals surface area contributed by atoms with Crippen molar-refractivity contribution < 1.29 is 40.3 Å². The monoisotopic (exact) mass is 524 g/mol. The van der Waals surface area contributed by atoms with E-state index in [2.05, 4.69) is 15.0 Å². The first-order chi connectivity index (χ1) is 17.1. The zero-order valence-electron chi connectivity index (χ0n) is 18.9. The van der Waals surface area contributed by atoms with Gasteiger partial charge in [0.25, 0.3) is 10.0 Å². The normalized spacial score (nSPS) is 13.5. The molecule has 0 saturated carbocycles. The number of sulfonamides is 1. The van der Waals surface area contributed by atoms with Crippen molar-refractivity contribution >= 4 is 26.8 Å². The van der Waals surface area contributed by atoms with Crippen molar-refractivity contribution in [3.05, 3.63) is 53.3 Å². The van der Waals surface area contributed by atoms with Crippen molar-refractivity contribution in [3.63, 3.8) is 0 Å². The number of fused-ring (bicyclic) bond motifs is 3. The Balaban J connectivity index is 1.54.